The zero-order valence-electron chi connectivity index (χ0n) is 16.4. The molecule has 5 heteroatoms. The summed E-state index contributed by atoms with van der Waals surface area (Å²) in [4.78, 5) is 10.4. The van der Waals surface area contributed by atoms with Crippen LogP contribution in [0.25, 0.3) is 0 Å². The summed E-state index contributed by atoms with van der Waals surface area (Å²) in [6.07, 6.45) is 0. The Labute approximate surface area is 162 Å². The molecule has 3 nitrogen and oxygen atoms in total. The highest BCUT2D eigenvalue weighted by Gasteiger charge is 2.24. The third kappa shape index (κ3) is 6.29. The van der Waals surface area contributed by atoms with Crippen LogP contribution in [0.2, 0.25) is 6.04 Å². The highest BCUT2D eigenvalue weighted by molar-refractivity contribution is 7.43. The number of hydrogen-bond donors (Lipinski definition) is 1. The molecule has 2 aromatic carbocycles. The molecule has 0 fully saturated rings. The van der Waals surface area contributed by atoms with Crippen molar-refractivity contribution in [1.82, 2.24) is 4.67 Å². The van der Waals surface area contributed by atoms with Gasteiger partial charge in [-0.15, -0.1) is 0 Å². The van der Waals surface area contributed by atoms with E-state index >= 15 is 0 Å². The van der Waals surface area contributed by atoms with Crippen LogP contribution in [-0.2, 0) is 4.52 Å². The molecule has 0 bridgehead atoms. The third-order valence-electron chi connectivity index (χ3n) is 4.50. The van der Waals surface area contributed by atoms with Crippen LogP contribution in [0.15, 0.2) is 60.7 Å². The fourth-order valence-corrected chi connectivity index (χ4v) is 6.78. The van der Waals surface area contributed by atoms with Crippen LogP contribution in [0.4, 0.5) is 0 Å². The molecular weight excluding hydrogens is 357 g/mol. The SMILES string of the molecule is CC(C)N(C(C)C)P(O)OCC[SiH2]C(c1ccccc1)c1ccccc1. The minimum atomic E-state index is -1.51. The zero-order valence-corrected chi connectivity index (χ0v) is 18.7. The predicted octanol–water partition coefficient (Wildman–Crippen LogP) is 4.72. The van der Waals surface area contributed by atoms with E-state index in [2.05, 4.69) is 93.0 Å². The van der Waals surface area contributed by atoms with E-state index in [0.717, 1.165) is 6.04 Å². The fraction of sp³-hybridized carbons (Fsp3) is 0.429. The Morgan fingerprint density at radius 3 is 1.77 bits per heavy atom. The Bertz CT molecular complexity index is 577. The Hall–Kier alpha value is -1.03. The molecule has 0 spiro atoms. The molecule has 1 unspecified atom stereocenters. The Morgan fingerprint density at radius 1 is 0.885 bits per heavy atom. The van der Waals surface area contributed by atoms with Crippen molar-refractivity contribution in [3.8, 4) is 0 Å². The summed E-state index contributed by atoms with van der Waals surface area (Å²) in [5, 5.41) is 0. The van der Waals surface area contributed by atoms with E-state index in [1.165, 1.54) is 11.1 Å². The van der Waals surface area contributed by atoms with E-state index in [1.54, 1.807) is 0 Å². The van der Waals surface area contributed by atoms with E-state index < -0.39 is 18.0 Å². The van der Waals surface area contributed by atoms with Crippen molar-refractivity contribution in [2.75, 3.05) is 6.61 Å². The maximum absolute atomic E-state index is 10.4. The summed E-state index contributed by atoms with van der Waals surface area (Å²) in [6, 6.07) is 23.1. The van der Waals surface area contributed by atoms with Gasteiger partial charge in [-0.2, -0.15) is 0 Å². The molecule has 0 heterocycles. The van der Waals surface area contributed by atoms with Gasteiger partial charge in [-0.05, 0) is 50.4 Å². The second-order valence-electron chi connectivity index (χ2n) is 7.17. The van der Waals surface area contributed by atoms with Gasteiger partial charge in [0.1, 0.15) is 0 Å². The normalized spacial score (nSPS) is 13.6. The molecule has 0 saturated heterocycles. The van der Waals surface area contributed by atoms with Crippen LogP contribution in [0.1, 0.15) is 44.4 Å². The van der Waals surface area contributed by atoms with Crippen LogP contribution >= 0.6 is 8.53 Å². The lowest BCUT2D eigenvalue weighted by molar-refractivity contribution is 0.219. The summed E-state index contributed by atoms with van der Waals surface area (Å²) >= 11 is 0. The van der Waals surface area contributed by atoms with Crippen molar-refractivity contribution < 1.29 is 9.42 Å². The highest BCUT2D eigenvalue weighted by Crippen LogP contribution is 2.40. The second kappa shape index (κ2) is 11.0. The Balaban J connectivity index is 1.94. The maximum Gasteiger partial charge on any atom is 0.256 e. The maximum atomic E-state index is 10.4. The first-order valence-corrected chi connectivity index (χ1v) is 12.5. The number of rotatable bonds is 10. The van der Waals surface area contributed by atoms with Crippen molar-refractivity contribution in [2.24, 2.45) is 0 Å². The van der Waals surface area contributed by atoms with Crippen LogP contribution in [0.5, 0.6) is 0 Å². The summed E-state index contributed by atoms with van der Waals surface area (Å²) in [5.74, 6) is 0. The van der Waals surface area contributed by atoms with Gasteiger partial charge in [0.15, 0.2) is 0 Å². The highest BCUT2D eigenvalue weighted by atomic mass is 31.2. The minimum Gasteiger partial charge on any atom is -0.338 e. The van der Waals surface area contributed by atoms with E-state index in [9.17, 15) is 4.89 Å². The van der Waals surface area contributed by atoms with Gasteiger partial charge in [0, 0.05) is 21.6 Å². The summed E-state index contributed by atoms with van der Waals surface area (Å²) < 4.78 is 7.89. The zero-order chi connectivity index (χ0) is 18.9. The molecular formula is C21H32NO2PSi. The number of hydrogen-bond acceptors (Lipinski definition) is 3. The molecule has 0 saturated carbocycles. The van der Waals surface area contributed by atoms with Gasteiger partial charge in [-0.3, -0.25) is 0 Å². The lowest BCUT2D eigenvalue weighted by Gasteiger charge is -2.32. The van der Waals surface area contributed by atoms with Gasteiger partial charge >= 0.3 is 0 Å². The van der Waals surface area contributed by atoms with Gasteiger partial charge in [0.25, 0.3) is 8.53 Å². The molecule has 2 aromatic rings. The third-order valence-corrected chi connectivity index (χ3v) is 8.45. The molecule has 142 valence electrons. The van der Waals surface area contributed by atoms with Crippen LogP contribution in [0, 0.1) is 0 Å². The van der Waals surface area contributed by atoms with E-state index in [1.807, 2.05) is 0 Å². The smallest absolute Gasteiger partial charge is 0.256 e. The molecule has 26 heavy (non-hydrogen) atoms. The molecule has 2 rings (SSSR count). The summed E-state index contributed by atoms with van der Waals surface area (Å²) in [6.45, 7) is 9.05. The second-order valence-corrected chi connectivity index (χ2v) is 10.5. The first kappa shape index (κ1) is 21.3. The average Bonchev–Trinajstić information content (AvgIpc) is 2.62. The molecule has 0 radical (unpaired) electrons. The average molecular weight is 390 g/mol. The molecule has 0 aromatic heterocycles. The standard InChI is InChI=1S/C21H32NO2PSi/c1-17(2)22(18(3)4)25(23)24-15-16-26-21(19-11-7-5-8-12-19)20-13-9-6-10-14-20/h5-14,17-18,21,23H,15-16,26H2,1-4H3. The predicted molar refractivity (Wildman–Crippen MR) is 115 cm³/mol. The first-order chi connectivity index (χ1) is 12.5. The topological polar surface area (TPSA) is 32.7 Å². The molecule has 0 amide bonds. The monoisotopic (exact) mass is 389 g/mol. The fourth-order valence-electron chi connectivity index (χ4n) is 3.39. The lowest BCUT2D eigenvalue weighted by atomic mass is 10.0. The Kier molecular flexibility index (Phi) is 8.96. The molecule has 0 aliphatic heterocycles. The van der Waals surface area contributed by atoms with Crippen molar-refractivity contribution in [2.45, 2.75) is 51.4 Å². The van der Waals surface area contributed by atoms with Gasteiger partial charge in [0.05, 0.1) is 6.61 Å². The van der Waals surface area contributed by atoms with E-state index in [4.69, 9.17) is 4.52 Å². The van der Waals surface area contributed by atoms with E-state index in [0.29, 0.717) is 12.1 Å². The molecule has 1 N–H and O–H groups in total. The first-order valence-electron chi connectivity index (χ1n) is 9.50. The summed E-state index contributed by atoms with van der Waals surface area (Å²) in [7, 11) is -1.93. The van der Waals surface area contributed by atoms with Crippen molar-refractivity contribution in [1.29, 1.82) is 0 Å². The van der Waals surface area contributed by atoms with Gasteiger partial charge in [0.2, 0.25) is 0 Å². The number of nitrogens with zero attached hydrogens (tertiary/aromatic N) is 1. The van der Waals surface area contributed by atoms with E-state index in [-0.39, 0.29) is 12.1 Å². The Morgan fingerprint density at radius 2 is 1.35 bits per heavy atom. The molecule has 0 aliphatic rings. The van der Waals surface area contributed by atoms with Crippen molar-refractivity contribution in [3.05, 3.63) is 71.8 Å². The van der Waals surface area contributed by atoms with Gasteiger partial charge < -0.3 is 9.42 Å². The van der Waals surface area contributed by atoms with Crippen molar-refractivity contribution >= 4 is 18.0 Å². The van der Waals surface area contributed by atoms with Gasteiger partial charge in [-0.25, -0.2) is 4.67 Å². The summed E-state index contributed by atoms with van der Waals surface area (Å²) in [5.41, 5.74) is 3.28. The lowest BCUT2D eigenvalue weighted by Crippen LogP contribution is -2.32. The molecule has 1 atom stereocenters. The van der Waals surface area contributed by atoms with Crippen LogP contribution in [0.3, 0.4) is 0 Å². The molecule has 0 aliphatic carbocycles. The van der Waals surface area contributed by atoms with Crippen LogP contribution in [-0.4, -0.2) is 37.8 Å². The van der Waals surface area contributed by atoms with Gasteiger partial charge in [-0.1, -0.05) is 60.7 Å². The quantitative estimate of drug-likeness (QED) is 0.363. The van der Waals surface area contributed by atoms with Crippen LogP contribution < -0.4 is 0 Å². The minimum absolute atomic E-state index is 0.282. The number of benzene rings is 2. The largest absolute Gasteiger partial charge is 0.338 e. The van der Waals surface area contributed by atoms with Crippen molar-refractivity contribution in [3.63, 3.8) is 0 Å².